The van der Waals surface area contributed by atoms with E-state index in [0.717, 1.165) is 29.2 Å². The lowest BCUT2D eigenvalue weighted by Crippen LogP contribution is -2.39. The molecule has 1 aromatic heterocycles. The fourth-order valence-corrected chi connectivity index (χ4v) is 3.46. The number of nitrogens with one attached hydrogen (secondary N) is 2. The summed E-state index contributed by atoms with van der Waals surface area (Å²) in [5.74, 6) is 0.896. The van der Waals surface area contributed by atoms with Gasteiger partial charge in [-0.3, -0.25) is 0 Å². The fraction of sp³-hybridized carbons (Fsp3) is 0.412. The molecule has 122 valence electrons. The van der Waals surface area contributed by atoms with Crippen LogP contribution in [0, 0.1) is 6.92 Å². The van der Waals surface area contributed by atoms with Crippen LogP contribution in [0.5, 0.6) is 5.75 Å². The van der Waals surface area contributed by atoms with Crippen LogP contribution in [0.2, 0.25) is 0 Å². The van der Waals surface area contributed by atoms with E-state index in [4.69, 9.17) is 4.74 Å². The molecule has 1 fully saturated rings. The number of aromatic nitrogens is 1. The zero-order valence-electron chi connectivity index (χ0n) is 13.4. The van der Waals surface area contributed by atoms with Crippen molar-refractivity contribution < 1.29 is 9.53 Å². The molecule has 1 heterocycles. The second-order valence-corrected chi connectivity index (χ2v) is 6.82. The van der Waals surface area contributed by atoms with E-state index in [1.54, 1.807) is 24.0 Å². The summed E-state index contributed by atoms with van der Waals surface area (Å²) in [6.07, 6.45) is 2.14. The highest BCUT2D eigenvalue weighted by Crippen LogP contribution is 2.50. The van der Waals surface area contributed by atoms with Crippen LogP contribution in [0.4, 0.5) is 4.79 Å². The largest absolute Gasteiger partial charge is 0.496 e. The summed E-state index contributed by atoms with van der Waals surface area (Å²) in [6.45, 7) is 3.09. The van der Waals surface area contributed by atoms with Gasteiger partial charge in [-0.1, -0.05) is 18.2 Å². The molecule has 0 aliphatic heterocycles. The van der Waals surface area contributed by atoms with Gasteiger partial charge in [-0.2, -0.15) is 0 Å². The first-order valence-corrected chi connectivity index (χ1v) is 8.57. The van der Waals surface area contributed by atoms with E-state index >= 15 is 0 Å². The number of nitrogens with zero attached hydrogens (tertiary/aromatic N) is 1. The highest BCUT2D eigenvalue weighted by Gasteiger charge is 2.46. The Bertz CT molecular complexity index is 695. The number of hydrogen-bond acceptors (Lipinski definition) is 4. The maximum atomic E-state index is 12.0. The Kier molecular flexibility index (Phi) is 4.52. The summed E-state index contributed by atoms with van der Waals surface area (Å²) in [7, 11) is 1.69. The molecule has 2 amide bonds. The predicted octanol–water partition coefficient (Wildman–Crippen LogP) is 2.99. The van der Waals surface area contributed by atoms with Gasteiger partial charge >= 0.3 is 6.03 Å². The molecule has 1 aromatic carbocycles. The van der Waals surface area contributed by atoms with Crippen molar-refractivity contribution in [3.05, 3.63) is 45.9 Å². The van der Waals surface area contributed by atoms with E-state index < -0.39 is 0 Å². The van der Waals surface area contributed by atoms with Crippen LogP contribution in [0.3, 0.4) is 0 Å². The summed E-state index contributed by atoms with van der Waals surface area (Å²) in [5, 5.41) is 5.89. The SMILES string of the molecule is COc1ccccc1C1(CNC(=O)NCc2scnc2C)CC1. The van der Waals surface area contributed by atoms with Gasteiger partial charge in [0, 0.05) is 22.4 Å². The van der Waals surface area contributed by atoms with Crippen molar-refractivity contribution in [2.24, 2.45) is 0 Å². The highest BCUT2D eigenvalue weighted by atomic mass is 32.1. The monoisotopic (exact) mass is 331 g/mol. The van der Waals surface area contributed by atoms with Gasteiger partial charge in [0.25, 0.3) is 0 Å². The lowest BCUT2D eigenvalue weighted by atomic mass is 9.95. The lowest BCUT2D eigenvalue weighted by Gasteiger charge is -2.19. The van der Waals surface area contributed by atoms with Gasteiger partial charge in [-0.05, 0) is 25.8 Å². The smallest absolute Gasteiger partial charge is 0.315 e. The highest BCUT2D eigenvalue weighted by molar-refractivity contribution is 7.09. The molecule has 0 spiro atoms. The second kappa shape index (κ2) is 6.58. The minimum atomic E-state index is -0.140. The van der Waals surface area contributed by atoms with Crippen molar-refractivity contribution in [3.8, 4) is 5.75 Å². The molecule has 3 rings (SSSR count). The summed E-state index contributed by atoms with van der Waals surface area (Å²) in [6, 6.07) is 7.91. The van der Waals surface area contributed by atoms with Crippen LogP contribution in [-0.4, -0.2) is 24.7 Å². The Labute approximate surface area is 140 Å². The number of urea groups is 1. The van der Waals surface area contributed by atoms with Crippen molar-refractivity contribution >= 4 is 17.4 Å². The minimum Gasteiger partial charge on any atom is -0.496 e. The Morgan fingerprint density at radius 2 is 2.13 bits per heavy atom. The number of carbonyl (C=O) groups excluding carboxylic acids is 1. The van der Waals surface area contributed by atoms with E-state index in [2.05, 4.69) is 21.7 Å². The topological polar surface area (TPSA) is 63.2 Å². The summed E-state index contributed by atoms with van der Waals surface area (Å²) in [4.78, 5) is 17.3. The third-order valence-corrected chi connectivity index (χ3v) is 5.31. The van der Waals surface area contributed by atoms with Gasteiger partial charge in [0.05, 0.1) is 24.9 Å². The number of benzene rings is 1. The van der Waals surface area contributed by atoms with Crippen molar-refractivity contribution in [2.75, 3.05) is 13.7 Å². The Hall–Kier alpha value is -2.08. The van der Waals surface area contributed by atoms with E-state index in [9.17, 15) is 4.79 Å². The number of ether oxygens (including phenoxy) is 1. The standard InChI is InChI=1S/C17H21N3O2S/c1-12-15(23-11-20-12)9-18-16(21)19-10-17(7-8-17)13-5-3-4-6-14(13)22-2/h3-6,11H,7-10H2,1-2H3,(H2,18,19,21). The molecular weight excluding hydrogens is 310 g/mol. The van der Waals surface area contributed by atoms with Crippen molar-refractivity contribution in [2.45, 2.75) is 31.7 Å². The first-order chi connectivity index (χ1) is 11.1. The molecule has 2 N–H and O–H groups in total. The number of amides is 2. The molecule has 0 radical (unpaired) electrons. The summed E-state index contributed by atoms with van der Waals surface area (Å²) in [5.41, 5.74) is 3.97. The number of hydrogen-bond donors (Lipinski definition) is 2. The molecule has 2 aromatic rings. The zero-order chi connectivity index (χ0) is 16.3. The predicted molar refractivity (Wildman–Crippen MR) is 91.0 cm³/mol. The summed E-state index contributed by atoms with van der Waals surface area (Å²) < 4.78 is 5.45. The number of thiazole rings is 1. The molecule has 1 aliphatic carbocycles. The van der Waals surface area contributed by atoms with Gasteiger partial charge in [0.1, 0.15) is 5.75 Å². The van der Waals surface area contributed by atoms with Gasteiger partial charge in [0.2, 0.25) is 0 Å². The van der Waals surface area contributed by atoms with Crippen molar-refractivity contribution in [1.29, 1.82) is 0 Å². The quantitative estimate of drug-likeness (QED) is 0.855. The first kappa shape index (κ1) is 15.8. The number of aryl methyl sites for hydroxylation is 1. The van der Waals surface area contributed by atoms with Crippen molar-refractivity contribution in [3.63, 3.8) is 0 Å². The van der Waals surface area contributed by atoms with Crippen LogP contribution in [0.1, 0.15) is 29.0 Å². The molecule has 6 heteroatoms. The van der Waals surface area contributed by atoms with Crippen LogP contribution >= 0.6 is 11.3 Å². The van der Waals surface area contributed by atoms with Crippen LogP contribution in [0.15, 0.2) is 29.8 Å². The molecular formula is C17H21N3O2S. The van der Waals surface area contributed by atoms with E-state index in [1.165, 1.54) is 5.56 Å². The first-order valence-electron chi connectivity index (χ1n) is 7.69. The van der Waals surface area contributed by atoms with Crippen LogP contribution < -0.4 is 15.4 Å². The van der Waals surface area contributed by atoms with E-state index in [1.807, 2.05) is 25.1 Å². The molecule has 0 bridgehead atoms. The third kappa shape index (κ3) is 3.47. The number of methoxy groups -OCH3 is 1. The summed E-state index contributed by atoms with van der Waals surface area (Å²) >= 11 is 1.56. The third-order valence-electron chi connectivity index (χ3n) is 4.37. The van der Waals surface area contributed by atoms with Gasteiger partial charge in [0.15, 0.2) is 0 Å². The minimum absolute atomic E-state index is 0.0182. The van der Waals surface area contributed by atoms with Crippen LogP contribution in [0.25, 0.3) is 0 Å². The Morgan fingerprint density at radius 3 is 2.78 bits per heavy atom. The maximum Gasteiger partial charge on any atom is 0.315 e. The lowest BCUT2D eigenvalue weighted by molar-refractivity contribution is 0.239. The van der Waals surface area contributed by atoms with E-state index in [0.29, 0.717) is 13.1 Å². The molecule has 0 saturated heterocycles. The molecule has 5 nitrogen and oxygen atoms in total. The average Bonchev–Trinajstić information content (AvgIpc) is 3.26. The van der Waals surface area contributed by atoms with Crippen molar-refractivity contribution in [1.82, 2.24) is 15.6 Å². The zero-order valence-corrected chi connectivity index (χ0v) is 14.2. The normalized spacial score (nSPS) is 15.0. The fourth-order valence-electron chi connectivity index (χ4n) is 2.74. The molecule has 23 heavy (non-hydrogen) atoms. The molecule has 1 saturated carbocycles. The Morgan fingerprint density at radius 1 is 1.35 bits per heavy atom. The van der Waals surface area contributed by atoms with Crippen LogP contribution in [-0.2, 0) is 12.0 Å². The maximum absolute atomic E-state index is 12.0. The van der Waals surface area contributed by atoms with Gasteiger partial charge < -0.3 is 15.4 Å². The second-order valence-electron chi connectivity index (χ2n) is 5.88. The average molecular weight is 331 g/mol. The van der Waals surface area contributed by atoms with E-state index in [-0.39, 0.29) is 11.4 Å². The van der Waals surface area contributed by atoms with Gasteiger partial charge in [-0.25, -0.2) is 9.78 Å². The molecule has 1 aliphatic rings. The molecule has 0 unspecified atom stereocenters. The van der Waals surface area contributed by atoms with Gasteiger partial charge in [-0.15, -0.1) is 11.3 Å². The Balaban J connectivity index is 1.55. The number of carbonyl (C=O) groups is 1. The number of para-hydroxylation sites is 1. The number of rotatable bonds is 6. The molecule has 0 atom stereocenters.